The highest BCUT2D eigenvalue weighted by Crippen LogP contribution is 2.23. The largest absolute Gasteiger partial charge is 0.480 e. The van der Waals surface area contributed by atoms with Crippen LogP contribution in [0.25, 0.3) is 10.8 Å². The van der Waals surface area contributed by atoms with Crippen molar-refractivity contribution in [2.45, 2.75) is 6.42 Å². The molecule has 9 heteroatoms. The molecule has 0 spiro atoms. The Morgan fingerprint density at radius 3 is 3.00 bits per heavy atom. The molecule has 0 aliphatic carbocycles. The van der Waals surface area contributed by atoms with Crippen LogP contribution in [0, 0.1) is 0 Å². The van der Waals surface area contributed by atoms with Crippen molar-refractivity contribution in [2.75, 3.05) is 25.1 Å². The maximum Gasteiger partial charge on any atom is 0.277 e. The van der Waals surface area contributed by atoms with E-state index in [-0.39, 0.29) is 17.6 Å². The zero-order chi connectivity index (χ0) is 15.9. The first-order chi connectivity index (χ1) is 10.6. The second-order valence-electron chi connectivity index (χ2n) is 4.42. The topological polar surface area (TPSA) is 120 Å². The quantitative estimate of drug-likeness (QED) is 0.340. The maximum absolute atomic E-state index is 11.8. The molecule has 2 aromatic heterocycles. The molecular formula is C13H17N4O4P. The number of hydrogen-bond donors (Lipinski definition) is 4. The number of nitrogens with one attached hydrogen (secondary N) is 2. The van der Waals surface area contributed by atoms with Gasteiger partial charge >= 0.3 is 0 Å². The van der Waals surface area contributed by atoms with Gasteiger partial charge in [-0.15, -0.1) is 0 Å². The van der Waals surface area contributed by atoms with Gasteiger partial charge in [0.05, 0.1) is 13.3 Å². The van der Waals surface area contributed by atoms with E-state index in [4.69, 9.17) is 14.5 Å². The second-order valence-corrected chi connectivity index (χ2v) is 5.53. The maximum atomic E-state index is 11.8. The smallest absolute Gasteiger partial charge is 0.277 e. The molecule has 0 aromatic carbocycles. The normalized spacial score (nSPS) is 11.5. The molecule has 4 N–H and O–H groups in total. The number of H-pyrrole nitrogens is 1. The van der Waals surface area contributed by atoms with E-state index in [9.17, 15) is 4.79 Å². The molecule has 0 unspecified atom stereocenters. The summed E-state index contributed by atoms with van der Waals surface area (Å²) < 4.78 is 5.15. The summed E-state index contributed by atoms with van der Waals surface area (Å²) in [7, 11) is -0.416. The van der Waals surface area contributed by atoms with Crippen LogP contribution < -0.4 is 15.6 Å². The highest BCUT2D eigenvalue weighted by atomic mass is 31.2. The third-order valence-electron chi connectivity index (χ3n) is 2.86. The Kier molecular flexibility index (Phi) is 5.83. The molecule has 0 atom stereocenters. The van der Waals surface area contributed by atoms with E-state index in [0.29, 0.717) is 29.6 Å². The average Bonchev–Trinajstić information content (AvgIpc) is 2.49. The molecule has 0 aliphatic heterocycles. The Hall–Kier alpha value is -2.02. The van der Waals surface area contributed by atoms with Gasteiger partial charge in [0.2, 0.25) is 5.88 Å². The van der Waals surface area contributed by atoms with Gasteiger partial charge in [0.1, 0.15) is 11.2 Å². The predicted octanol–water partition coefficient (Wildman–Crippen LogP) is 0.981. The van der Waals surface area contributed by atoms with Gasteiger partial charge in [-0.25, -0.2) is 5.10 Å². The van der Waals surface area contributed by atoms with Crippen molar-refractivity contribution in [3.8, 4) is 5.88 Å². The Morgan fingerprint density at radius 2 is 2.27 bits per heavy atom. The molecule has 0 saturated heterocycles. The fraction of sp³-hybridized carbons (Fsp3) is 0.308. The molecule has 0 saturated carbocycles. The lowest BCUT2D eigenvalue weighted by molar-refractivity contribution is 0.403. The minimum absolute atomic E-state index is 0.241. The van der Waals surface area contributed by atoms with Crippen LogP contribution in [0.4, 0.5) is 5.82 Å². The van der Waals surface area contributed by atoms with Crippen molar-refractivity contribution in [2.24, 2.45) is 0 Å². The van der Waals surface area contributed by atoms with Gasteiger partial charge < -0.3 is 19.8 Å². The van der Waals surface area contributed by atoms with E-state index < -0.39 is 8.38 Å². The van der Waals surface area contributed by atoms with Gasteiger partial charge in [-0.3, -0.25) is 4.79 Å². The molecule has 2 rings (SSSR count). The van der Waals surface area contributed by atoms with Gasteiger partial charge in [0, 0.05) is 18.1 Å². The number of methoxy groups -OCH3 is 1. The number of nitrogens with zero attached hydrogens (tertiary/aromatic N) is 2. The summed E-state index contributed by atoms with van der Waals surface area (Å²) in [5, 5.41) is 10.2. The van der Waals surface area contributed by atoms with Gasteiger partial charge in [0.25, 0.3) is 5.56 Å². The van der Waals surface area contributed by atoms with Gasteiger partial charge in [-0.2, -0.15) is 10.1 Å². The molecule has 0 bridgehead atoms. The number of aromatic amines is 1. The first-order valence-corrected chi connectivity index (χ1v) is 8.01. The first kappa shape index (κ1) is 16.4. The highest BCUT2D eigenvalue weighted by Gasteiger charge is 2.10. The summed E-state index contributed by atoms with van der Waals surface area (Å²) in [4.78, 5) is 33.5. The number of allylic oxidation sites excluding steroid dienone is 1. The minimum atomic E-state index is -1.87. The molecular weight excluding hydrogens is 307 g/mol. The third kappa shape index (κ3) is 4.24. The molecule has 8 nitrogen and oxygen atoms in total. The summed E-state index contributed by atoms with van der Waals surface area (Å²) >= 11 is 0. The van der Waals surface area contributed by atoms with Gasteiger partial charge in [-0.05, 0) is 12.5 Å². The van der Waals surface area contributed by atoms with E-state index >= 15 is 0 Å². The summed E-state index contributed by atoms with van der Waals surface area (Å²) in [6.45, 7) is 0.615. The lowest BCUT2D eigenvalue weighted by Crippen LogP contribution is -2.11. The van der Waals surface area contributed by atoms with Crippen LogP contribution in [0.15, 0.2) is 29.2 Å². The van der Waals surface area contributed by atoms with E-state index in [1.807, 2.05) is 6.08 Å². The van der Waals surface area contributed by atoms with Crippen LogP contribution in [-0.2, 0) is 0 Å². The van der Waals surface area contributed by atoms with Gasteiger partial charge in [0.15, 0.2) is 8.38 Å². The first-order valence-electron chi connectivity index (χ1n) is 6.58. The Labute approximate surface area is 127 Å². The predicted molar refractivity (Wildman–Crippen MR) is 85.2 cm³/mol. The molecule has 0 fully saturated rings. The summed E-state index contributed by atoms with van der Waals surface area (Å²) in [6, 6.07) is 1.73. The second kappa shape index (κ2) is 7.84. The van der Waals surface area contributed by atoms with Crippen LogP contribution in [-0.4, -0.2) is 44.8 Å². The number of ether oxygens (including phenoxy) is 1. The molecule has 0 radical (unpaired) electrons. The number of hydrogen-bond acceptors (Lipinski definition) is 7. The van der Waals surface area contributed by atoms with Crippen LogP contribution in [0.5, 0.6) is 5.88 Å². The molecule has 2 aromatic rings. The van der Waals surface area contributed by atoms with Crippen molar-refractivity contribution in [3.63, 3.8) is 0 Å². The Balaban J connectivity index is 2.06. The standard InChI is InChI=1S/C13H17N4O4P/c1-21-13-11-9(8-15-17-12(11)18)7-10(16-13)14-5-3-2-4-6-22(19)20/h2,4,7-8,19-20H,3,5-6H2,1H3,(H,14,16)(H,17,18)/b4-2-. The highest BCUT2D eigenvalue weighted by molar-refractivity contribution is 7.45. The minimum Gasteiger partial charge on any atom is -0.480 e. The molecule has 118 valence electrons. The van der Waals surface area contributed by atoms with Crippen LogP contribution in [0.2, 0.25) is 0 Å². The molecule has 0 amide bonds. The van der Waals surface area contributed by atoms with E-state index in [1.54, 1.807) is 12.1 Å². The SMILES string of the molecule is COc1nc(NCC/C=C\CP(O)O)cc2cn[nH]c(=O)c12. The summed E-state index contributed by atoms with van der Waals surface area (Å²) in [6.07, 6.45) is 6.10. The number of anilines is 1. The molecule has 2 heterocycles. The average molecular weight is 324 g/mol. The van der Waals surface area contributed by atoms with Gasteiger partial charge in [-0.1, -0.05) is 12.2 Å². The zero-order valence-electron chi connectivity index (χ0n) is 12.0. The van der Waals surface area contributed by atoms with Crippen LogP contribution in [0.3, 0.4) is 0 Å². The molecule has 0 aliphatic rings. The van der Waals surface area contributed by atoms with Crippen molar-refractivity contribution >= 4 is 25.0 Å². The zero-order valence-corrected chi connectivity index (χ0v) is 12.9. The lowest BCUT2D eigenvalue weighted by Gasteiger charge is -2.08. The summed E-state index contributed by atoms with van der Waals surface area (Å²) in [5.41, 5.74) is -0.346. The van der Waals surface area contributed by atoms with E-state index in [0.717, 1.165) is 0 Å². The molecule has 22 heavy (non-hydrogen) atoms. The number of fused-ring (bicyclic) bond motifs is 1. The van der Waals surface area contributed by atoms with Crippen LogP contribution >= 0.6 is 8.38 Å². The summed E-state index contributed by atoms with van der Waals surface area (Å²) in [5.74, 6) is 0.821. The number of rotatable bonds is 7. The Bertz CT molecular complexity index is 717. The van der Waals surface area contributed by atoms with Crippen molar-refractivity contribution in [3.05, 3.63) is 34.8 Å². The monoisotopic (exact) mass is 324 g/mol. The lowest BCUT2D eigenvalue weighted by atomic mass is 10.2. The third-order valence-corrected chi connectivity index (χ3v) is 3.40. The fourth-order valence-electron chi connectivity index (χ4n) is 1.90. The Morgan fingerprint density at radius 1 is 1.45 bits per heavy atom. The van der Waals surface area contributed by atoms with Crippen molar-refractivity contribution in [1.82, 2.24) is 15.2 Å². The van der Waals surface area contributed by atoms with E-state index in [2.05, 4.69) is 20.5 Å². The fourth-order valence-corrected chi connectivity index (χ4v) is 2.23. The number of aromatic nitrogens is 3. The number of pyridine rings is 1. The van der Waals surface area contributed by atoms with Crippen molar-refractivity contribution in [1.29, 1.82) is 0 Å². The van der Waals surface area contributed by atoms with Crippen molar-refractivity contribution < 1.29 is 14.5 Å². The van der Waals surface area contributed by atoms with E-state index in [1.165, 1.54) is 13.3 Å². The van der Waals surface area contributed by atoms with Crippen LogP contribution in [0.1, 0.15) is 6.42 Å².